The Bertz CT molecular complexity index is 643. The monoisotopic (exact) mass is 339 g/mol. The Labute approximate surface area is 140 Å². The van der Waals surface area contributed by atoms with Crippen molar-refractivity contribution >= 4 is 30.8 Å². The van der Waals surface area contributed by atoms with Gasteiger partial charge in [-0.3, -0.25) is 0 Å². The third kappa shape index (κ3) is 3.58. The second kappa shape index (κ2) is 6.24. The second-order valence-corrected chi connectivity index (χ2v) is 6.73. The number of halogens is 1. The predicted molar refractivity (Wildman–Crippen MR) is 87.4 cm³/mol. The summed E-state index contributed by atoms with van der Waals surface area (Å²) >= 11 is 6.01. The van der Waals surface area contributed by atoms with Crippen LogP contribution in [0.3, 0.4) is 0 Å². The fourth-order valence-electron chi connectivity index (χ4n) is 2.07. The molecule has 1 aliphatic rings. The summed E-state index contributed by atoms with van der Waals surface area (Å²) in [6, 6.07) is 1.39. The summed E-state index contributed by atoms with van der Waals surface area (Å²) in [7, 11) is -0.741. The summed E-state index contributed by atoms with van der Waals surface area (Å²) in [5.74, 6) is -1.11. The van der Waals surface area contributed by atoms with Crippen molar-refractivity contribution in [1.82, 2.24) is 4.98 Å². The van der Waals surface area contributed by atoms with E-state index >= 15 is 0 Å². The Balaban J connectivity index is 2.37. The molecule has 0 aromatic carbocycles. The van der Waals surface area contributed by atoms with Gasteiger partial charge in [0.1, 0.15) is 5.15 Å². The molecule has 1 saturated heterocycles. The van der Waals surface area contributed by atoms with E-state index in [0.717, 1.165) is 0 Å². The van der Waals surface area contributed by atoms with Crippen LogP contribution in [0.15, 0.2) is 17.7 Å². The van der Waals surface area contributed by atoms with Crippen LogP contribution in [0.25, 0.3) is 6.08 Å². The number of aliphatic hydroxyl groups excluding tert-OH is 1. The summed E-state index contributed by atoms with van der Waals surface area (Å²) in [5.41, 5.74) is -0.264. The van der Waals surface area contributed by atoms with E-state index in [9.17, 15) is 9.90 Å². The van der Waals surface area contributed by atoms with E-state index < -0.39 is 24.3 Å². The zero-order chi connectivity index (χ0) is 17.4. The molecule has 0 radical (unpaired) electrons. The van der Waals surface area contributed by atoms with Crippen molar-refractivity contribution < 1.29 is 24.3 Å². The molecule has 23 heavy (non-hydrogen) atoms. The standard InChI is InChI=1S/C15H19BClNO5/c1-14(2)15(3,4)23-16(22-14)11(8-19)6-9-5-10(13(20)21)7-18-12(9)17/h5-7,19H,8H2,1-4H3,(H,20,21). The summed E-state index contributed by atoms with van der Waals surface area (Å²) < 4.78 is 11.8. The third-order valence-corrected chi connectivity index (χ3v) is 4.51. The Morgan fingerprint density at radius 2 is 1.91 bits per heavy atom. The minimum atomic E-state index is -1.11. The lowest BCUT2D eigenvalue weighted by molar-refractivity contribution is 0.00578. The number of aliphatic hydroxyl groups is 1. The predicted octanol–water partition coefficient (Wildman–Crippen LogP) is 2.44. The van der Waals surface area contributed by atoms with Gasteiger partial charge in [0.2, 0.25) is 0 Å². The van der Waals surface area contributed by atoms with Gasteiger partial charge in [0.15, 0.2) is 0 Å². The normalized spacial score (nSPS) is 19.9. The largest absolute Gasteiger partial charge is 0.492 e. The van der Waals surface area contributed by atoms with Crippen molar-refractivity contribution in [1.29, 1.82) is 0 Å². The minimum absolute atomic E-state index is 0.00635. The number of aromatic carboxylic acids is 1. The van der Waals surface area contributed by atoms with Crippen LogP contribution in [0.4, 0.5) is 0 Å². The molecule has 2 rings (SSSR count). The molecule has 0 amide bonds. The lowest BCUT2D eigenvalue weighted by Gasteiger charge is -2.32. The van der Waals surface area contributed by atoms with Gasteiger partial charge < -0.3 is 19.5 Å². The summed E-state index contributed by atoms with van der Waals surface area (Å²) in [5, 5.41) is 18.8. The zero-order valence-electron chi connectivity index (χ0n) is 13.5. The molecule has 0 spiro atoms. The van der Waals surface area contributed by atoms with Crippen LogP contribution in [0.5, 0.6) is 0 Å². The van der Waals surface area contributed by atoms with Crippen molar-refractivity contribution in [2.24, 2.45) is 0 Å². The van der Waals surface area contributed by atoms with E-state index in [4.69, 9.17) is 26.0 Å². The van der Waals surface area contributed by atoms with E-state index in [-0.39, 0.29) is 17.3 Å². The summed E-state index contributed by atoms with van der Waals surface area (Å²) in [6.07, 6.45) is 2.72. The Hall–Kier alpha value is -1.41. The zero-order valence-corrected chi connectivity index (χ0v) is 14.2. The first kappa shape index (κ1) is 17.9. The number of rotatable bonds is 4. The molecule has 0 atom stereocenters. The van der Waals surface area contributed by atoms with Crippen molar-refractivity contribution in [3.63, 3.8) is 0 Å². The fourth-order valence-corrected chi connectivity index (χ4v) is 2.22. The maximum atomic E-state index is 11.0. The van der Waals surface area contributed by atoms with Gasteiger partial charge in [-0.15, -0.1) is 0 Å². The van der Waals surface area contributed by atoms with E-state index in [1.54, 1.807) is 6.08 Å². The van der Waals surface area contributed by atoms with Gasteiger partial charge >= 0.3 is 13.1 Å². The molecule has 1 aliphatic heterocycles. The molecule has 8 heteroatoms. The van der Waals surface area contributed by atoms with E-state index in [1.165, 1.54) is 12.3 Å². The van der Waals surface area contributed by atoms with Crippen molar-refractivity contribution in [2.75, 3.05) is 6.61 Å². The molecular formula is C15H19BClNO5. The van der Waals surface area contributed by atoms with Crippen LogP contribution in [0, 0.1) is 0 Å². The van der Waals surface area contributed by atoms with E-state index in [2.05, 4.69) is 4.98 Å². The molecule has 6 nitrogen and oxygen atoms in total. The maximum absolute atomic E-state index is 11.0. The van der Waals surface area contributed by atoms with Crippen LogP contribution in [-0.2, 0) is 9.31 Å². The van der Waals surface area contributed by atoms with Crippen molar-refractivity contribution in [2.45, 2.75) is 38.9 Å². The highest BCUT2D eigenvalue weighted by Gasteiger charge is 2.52. The lowest BCUT2D eigenvalue weighted by Crippen LogP contribution is -2.41. The molecule has 0 unspecified atom stereocenters. The quantitative estimate of drug-likeness (QED) is 0.647. The average molecular weight is 340 g/mol. The number of hydrogen-bond acceptors (Lipinski definition) is 5. The van der Waals surface area contributed by atoms with Crippen molar-refractivity contribution in [3.8, 4) is 0 Å². The first-order valence-corrected chi connectivity index (χ1v) is 7.51. The molecular weight excluding hydrogens is 320 g/mol. The molecule has 2 heterocycles. The van der Waals surface area contributed by atoms with Crippen molar-refractivity contribution in [3.05, 3.63) is 34.0 Å². The number of nitrogens with zero attached hydrogens (tertiary/aromatic N) is 1. The van der Waals surface area contributed by atoms with Crippen LogP contribution in [0.1, 0.15) is 43.6 Å². The molecule has 0 saturated carbocycles. The highest BCUT2D eigenvalue weighted by molar-refractivity contribution is 6.56. The fraction of sp³-hybridized carbons (Fsp3) is 0.467. The average Bonchev–Trinajstić information content (AvgIpc) is 2.66. The number of carboxylic acids is 1. The van der Waals surface area contributed by atoms with Crippen LogP contribution in [0.2, 0.25) is 5.15 Å². The Morgan fingerprint density at radius 3 is 2.39 bits per heavy atom. The van der Waals surface area contributed by atoms with Crippen LogP contribution >= 0.6 is 11.6 Å². The summed E-state index contributed by atoms with van der Waals surface area (Å²) in [4.78, 5) is 14.9. The van der Waals surface area contributed by atoms with Gasteiger partial charge in [0, 0.05) is 11.8 Å². The first-order chi connectivity index (χ1) is 10.6. The van der Waals surface area contributed by atoms with Crippen LogP contribution in [-0.4, -0.2) is 46.1 Å². The number of hydrogen-bond donors (Lipinski definition) is 2. The van der Waals surface area contributed by atoms with Gasteiger partial charge in [-0.05, 0) is 39.2 Å². The molecule has 2 N–H and O–H groups in total. The van der Waals surface area contributed by atoms with Gasteiger partial charge in [0.25, 0.3) is 0 Å². The molecule has 124 valence electrons. The van der Waals surface area contributed by atoms with Gasteiger partial charge in [-0.2, -0.15) is 0 Å². The topological polar surface area (TPSA) is 88.9 Å². The summed E-state index contributed by atoms with van der Waals surface area (Å²) in [6.45, 7) is 7.30. The van der Waals surface area contributed by atoms with E-state index in [1.807, 2.05) is 27.7 Å². The highest BCUT2D eigenvalue weighted by atomic mass is 35.5. The third-order valence-electron chi connectivity index (χ3n) is 4.19. The van der Waals surface area contributed by atoms with Crippen LogP contribution < -0.4 is 0 Å². The molecule has 1 aromatic rings. The number of carbonyl (C=O) groups is 1. The lowest BCUT2D eigenvalue weighted by atomic mass is 9.77. The van der Waals surface area contributed by atoms with Gasteiger partial charge in [0.05, 0.1) is 23.4 Å². The molecule has 1 fully saturated rings. The highest BCUT2D eigenvalue weighted by Crippen LogP contribution is 2.38. The Kier molecular flexibility index (Phi) is 4.87. The maximum Gasteiger partial charge on any atom is 0.492 e. The number of pyridine rings is 1. The first-order valence-electron chi connectivity index (χ1n) is 7.13. The molecule has 1 aromatic heterocycles. The number of carboxylic acid groups (broad SMARTS) is 1. The minimum Gasteiger partial charge on any atom is -0.478 e. The SMILES string of the molecule is CC1(C)OB(C(=Cc2cc(C(=O)O)cnc2Cl)CO)OC1(C)C. The second-order valence-electron chi connectivity index (χ2n) is 6.37. The molecule has 0 bridgehead atoms. The van der Waals surface area contributed by atoms with Gasteiger partial charge in [-0.1, -0.05) is 17.7 Å². The van der Waals surface area contributed by atoms with E-state index in [0.29, 0.717) is 11.0 Å². The Morgan fingerprint density at radius 1 is 1.35 bits per heavy atom. The number of aromatic nitrogens is 1. The van der Waals surface area contributed by atoms with Gasteiger partial charge in [-0.25, -0.2) is 9.78 Å². The molecule has 0 aliphatic carbocycles. The smallest absolute Gasteiger partial charge is 0.478 e.